The summed E-state index contributed by atoms with van der Waals surface area (Å²) in [6.45, 7) is 2.09. The molecule has 1 saturated carbocycles. The number of carbonyl (C=O) groups excluding carboxylic acids is 1. The molecule has 19 heavy (non-hydrogen) atoms. The molecule has 1 amide bonds. The van der Waals surface area contributed by atoms with E-state index in [-0.39, 0.29) is 4.99 Å². The Hall–Kier alpha value is -0.850. The molecular weight excluding hydrogens is 277 g/mol. The maximum atomic E-state index is 12.1. The van der Waals surface area contributed by atoms with Gasteiger partial charge in [0.15, 0.2) is 0 Å². The Morgan fingerprint density at radius 1 is 1.42 bits per heavy atom. The molecule has 0 spiro atoms. The van der Waals surface area contributed by atoms with Crippen molar-refractivity contribution in [3.05, 3.63) is 0 Å². The van der Waals surface area contributed by atoms with Crippen molar-refractivity contribution in [1.82, 2.24) is 5.32 Å². The van der Waals surface area contributed by atoms with Crippen LogP contribution in [-0.2, 0) is 4.79 Å². The molecule has 3 nitrogen and oxygen atoms in total. The number of thiocarbonyl (C=S) groups is 1. The van der Waals surface area contributed by atoms with Gasteiger partial charge in [-0.3, -0.25) is 4.79 Å². The quantitative estimate of drug-likeness (QED) is 0.784. The molecule has 1 rings (SSSR count). The van der Waals surface area contributed by atoms with E-state index in [1.165, 1.54) is 0 Å². The third-order valence-electron chi connectivity index (χ3n) is 3.61. The van der Waals surface area contributed by atoms with E-state index in [0.717, 1.165) is 12.8 Å². The molecule has 1 aliphatic rings. The smallest absolute Gasteiger partial charge is 0.389 e. The van der Waals surface area contributed by atoms with Gasteiger partial charge in [0.2, 0.25) is 5.91 Å². The lowest BCUT2D eigenvalue weighted by Crippen LogP contribution is -2.58. The summed E-state index contributed by atoms with van der Waals surface area (Å²) in [7, 11) is 0. The first kappa shape index (κ1) is 16.2. The predicted molar refractivity (Wildman–Crippen MR) is 70.6 cm³/mol. The van der Waals surface area contributed by atoms with Crippen molar-refractivity contribution in [2.45, 2.75) is 57.2 Å². The number of hydrogen-bond acceptors (Lipinski definition) is 2. The zero-order valence-corrected chi connectivity index (χ0v) is 11.7. The van der Waals surface area contributed by atoms with Gasteiger partial charge >= 0.3 is 6.18 Å². The molecule has 110 valence electrons. The highest BCUT2D eigenvalue weighted by Crippen LogP contribution is 2.32. The van der Waals surface area contributed by atoms with Crippen LogP contribution in [0.4, 0.5) is 13.2 Å². The minimum Gasteiger partial charge on any atom is -0.391 e. The molecule has 0 heterocycles. The van der Waals surface area contributed by atoms with E-state index < -0.39 is 30.5 Å². The molecule has 0 aromatic heterocycles. The lowest BCUT2D eigenvalue weighted by Gasteiger charge is -2.39. The van der Waals surface area contributed by atoms with Crippen molar-refractivity contribution in [2.75, 3.05) is 0 Å². The summed E-state index contributed by atoms with van der Waals surface area (Å²) in [6, 6.07) is 0. The lowest BCUT2D eigenvalue weighted by molar-refractivity contribution is -0.144. The molecule has 3 N–H and O–H groups in total. The van der Waals surface area contributed by atoms with Crippen LogP contribution in [0.15, 0.2) is 0 Å². The van der Waals surface area contributed by atoms with Crippen LogP contribution in [-0.4, -0.2) is 22.6 Å². The van der Waals surface area contributed by atoms with Crippen molar-refractivity contribution in [3.63, 3.8) is 0 Å². The second-order valence-corrected chi connectivity index (χ2v) is 5.73. The van der Waals surface area contributed by atoms with Gasteiger partial charge in [-0.1, -0.05) is 19.1 Å². The van der Waals surface area contributed by atoms with Gasteiger partial charge in [-0.15, -0.1) is 0 Å². The Bertz CT molecular complexity index is 349. The molecule has 0 aromatic rings. The summed E-state index contributed by atoms with van der Waals surface area (Å²) in [6.07, 6.45) is -3.11. The Labute approximate surface area is 116 Å². The fraction of sp³-hybridized carbons (Fsp3) is 0.833. The van der Waals surface area contributed by atoms with Crippen molar-refractivity contribution < 1.29 is 18.0 Å². The highest BCUT2D eigenvalue weighted by molar-refractivity contribution is 7.80. The average Bonchev–Trinajstić information content (AvgIpc) is 2.29. The molecule has 1 fully saturated rings. The average molecular weight is 296 g/mol. The normalized spacial score (nSPS) is 27.9. The second-order valence-electron chi connectivity index (χ2n) is 5.29. The fourth-order valence-corrected chi connectivity index (χ4v) is 2.53. The van der Waals surface area contributed by atoms with Gasteiger partial charge in [-0.05, 0) is 31.6 Å². The Balaban J connectivity index is 2.59. The van der Waals surface area contributed by atoms with E-state index in [9.17, 15) is 18.0 Å². The lowest BCUT2D eigenvalue weighted by atomic mass is 9.77. The van der Waals surface area contributed by atoms with Crippen molar-refractivity contribution >= 4 is 23.1 Å². The first-order valence-electron chi connectivity index (χ1n) is 6.32. The van der Waals surface area contributed by atoms with E-state index >= 15 is 0 Å². The number of alkyl halides is 3. The highest BCUT2D eigenvalue weighted by Gasteiger charge is 2.38. The summed E-state index contributed by atoms with van der Waals surface area (Å²) in [4.78, 5) is 11.8. The van der Waals surface area contributed by atoms with E-state index in [2.05, 4.69) is 12.2 Å². The van der Waals surface area contributed by atoms with Crippen LogP contribution >= 0.6 is 12.2 Å². The van der Waals surface area contributed by atoms with Gasteiger partial charge in [-0.2, -0.15) is 13.2 Å². The summed E-state index contributed by atoms with van der Waals surface area (Å²) in [5.41, 5.74) is 4.87. The molecule has 0 bridgehead atoms. The van der Waals surface area contributed by atoms with Crippen LogP contribution in [0.5, 0.6) is 0 Å². The minimum atomic E-state index is -4.32. The number of nitrogens with two attached hydrogens (primary N) is 1. The van der Waals surface area contributed by atoms with Gasteiger partial charge in [0.05, 0.1) is 16.9 Å². The zero-order valence-electron chi connectivity index (χ0n) is 10.8. The first-order chi connectivity index (χ1) is 8.65. The third kappa shape index (κ3) is 4.97. The SMILES string of the molecule is CC1CCC(NC(=O)CCC(F)(F)F)(C(N)=S)CC1. The molecule has 1 aliphatic carbocycles. The highest BCUT2D eigenvalue weighted by atomic mass is 32.1. The van der Waals surface area contributed by atoms with Gasteiger partial charge in [0.25, 0.3) is 0 Å². The maximum Gasteiger partial charge on any atom is 0.389 e. The van der Waals surface area contributed by atoms with Crippen molar-refractivity contribution in [3.8, 4) is 0 Å². The van der Waals surface area contributed by atoms with Crippen LogP contribution in [0.3, 0.4) is 0 Å². The monoisotopic (exact) mass is 296 g/mol. The van der Waals surface area contributed by atoms with Crippen molar-refractivity contribution in [2.24, 2.45) is 11.7 Å². The van der Waals surface area contributed by atoms with Gasteiger partial charge in [0.1, 0.15) is 0 Å². The number of nitrogens with one attached hydrogen (secondary N) is 1. The van der Waals surface area contributed by atoms with Gasteiger partial charge < -0.3 is 11.1 Å². The number of amides is 1. The minimum absolute atomic E-state index is 0.166. The maximum absolute atomic E-state index is 12.1. The predicted octanol–water partition coefficient (Wildman–Crippen LogP) is 2.68. The molecule has 0 saturated heterocycles. The standard InChI is InChI=1S/C12H19F3N2OS/c1-8-2-5-11(6-3-8,10(16)19)17-9(18)4-7-12(13,14)15/h8H,2-7H2,1H3,(H2,16,19)(H,17,18). The fourth-order valence-electron chi connectivity index (χ4n) is 2.27. The number of carbonyl (C=O) groups is 1. The third-order valence-corrected chi connectivity index (χ3v) is 4.00. The number of rotatable bonds is 4. The van der Waals surface area contributed by atoms with Crippen LogP contribution < -0.4 is 11.1 Å². The molecular formula is C12H19F3N2OS. The van der Waals surface area contributed by atoms with Crippen LogP contribution in [0.25, 0.3) is 0 Å². The molecule has 0 unspecified atom stereocenters. The summed E-state index contributed by atoms with van der Waals surface area (Å²) < 4.78 is 36.2. The van der Waals surface area contributed by atoms with Crippen LogP contribution in [0, 0.1) is 5.92 Å². The molecule has 0 radical (unpaired) electrons. The number of halogens is 3. The topological polar surface area (TPSA) is 55.1 Å². The first-order valence-corrected chi connectivity index (χ1v) is 6.73. The Morgan fingerprint density at radius 2 is 1.95 bits per heavy atom. The van der Waals surface area contributed by atoms with E-state index in [0.29, 0.717) is 18.8 Å². The van der Waals surface area contributed by atoms with E-state index in [4.69, 9.17) is 18.0 Å². The van der Waals surface area contributed by atoms with E-state index in [1.54, 1.807) is 0 Å². The Morgan fingerprint density at radius 3 is 2.37 bits per heavy atom. The summed E-state index contributed by atoms with van der Waals surface area (Å²) in [5.74, 6) is -0.116. The molecule has 0 aromatic carbocycles. The Kier molecular flexibility index (Phi) is 5.18. The van der Waals surface area contributed by atoms with Crippen molar-refractivity contribution in [1.29, 1.82) is 0 Å². The van der Waals surface area contributed by atoms with Gasteiger partial charge in [-0.25, -0.2) is 0 Å². The summed E-state index contributed by atoms with van der Waals surface area (Å²) in [5, 5.41) is 2.62. The van der Waals surface area contributed by atoms with E-state index in [1.807, 2.05) is 0 Å². The van der Waals surface area contributed by atoms with Crippen LogP contribution in [0.2, 0.25) is 0 Å². The zero-order chi connectivity index (χ0) is 14.7. The second kappa shape index (κ2) is 6.07. The molecule has 0 atom stereocenters. The van der Waals surface area contributed by atoms with Crippen LogP contribution in [0.1, 0.15) is 45.4 Å². The largest absolute Gasteiger partial charge is 0.391 e. The van der Waals surface area contributed by atoms with Gasteiger partial charge in [0, 0.05) is 6.42 Å². The molecule has 0 aliphatic heterocycles. The molecule has 7 heteroatoms. The number of hydrogen-bond donors (Lipinski definition) is 2. The summed E-state index contributed by atoms with van der Waals surface area (Å²) >= 11 is 4.98.